The van der Waals surface area contributed by atoms with Crippen LogP contribution in [0.4, 0.5) is 0 Å². The van der Waals surface area contributed by atoms with Gasteiger partial charge in [-0.05, 0) is 40.8 Å². The average molecular weight is 244 g/mol. The number of aromatic nitrogens is 2. The van der Waals surface area contributed by atoms with E-state index in [-0.39, 0.29) is 0 Å². The summed E-state index contributed by atoms with van der Waals surface area (Å²) in [4.78, 5) is 0. The number of hydrogen-bond donors (Lipinski definition) is 0. The van der Waals surface area contributed by atoms with E-state index in [1.54, 1.807) is 6.20 Å². The Labute approximate surface area is 72.0 Å². The Hall–Kier alpha value is -0.580. The summed E-state index contributed by atoms with van der Waals surface area (Å²) in [7, 11) is 0. The summed E-state index contributed by atoms with van der Waals surface area (Å²) < 4.78 is 3.07. The van der Waals surface area contributed by atoms with Crippen LogP contribution in [0.3, 0.4) is 0 Å². The zero-order valence-corrected chi connectivity index (χ0v) is 7.32. The lowest BCUT2D eigenvalue weighted by atomic mass is 10.4. The van der Waals surface area contributed by atoms with Gasteiger partial charge in [-0.25, -0.2) is 4.52 Å². The topological polar surface area (TPSA) is 17.3 Å². The average Bonchev–Trinajstić information content (AvgIpc) is 2.33. The summed E-state index contributed by atoms with van der Waals surface area (Å²) in [5.74, 6) is 0. The smallest absolute Gasteiger partial charge is 0.0662 e. The molecule has 0 saturated carbocycles. The third-order valence-corrected chi connectivity index (χ3v) is 2.00. The van der Waals surface area contributed by atoms with Crippen molar-refractivity contribution in [3.05, 3.63) is 34.2 Å². The molecule has 0 amide bonds. The molecule has 0 aromatic carbocycles. The fraction of sp³-hybridized carbons (Fsp3) is 0. The van der Waals surface area contributed by atoms with Crippen LogP contribution < -0.4 is 0 Å². The molecule has 0 atom stereocenters. The molecule has 0 aliphatic rings. The summed E-state index contributed by atoms with van der Waals surface area (Å²) in [5, 5.41) is 4.09. The molecule has 0 aliphatic heterocycles. The van der Waals surface area contributed by atoms with Crippen molar-refractivity contribution >= 4 is 28.1 Å². The lowest BCUT2D eigenvalue weighted by molar-refractivity contribution is 0.956. The normalized spacial score (nSPS) is 10.5. The van der Waals surface area contributed by atoms with Crippen molar-refractivity contribution in [1.82, 2.24) is 9.61 Å². The van der Waals surface area contributed by atoms with Gasteiger partial charge >= 0.3 is 0 Å². The predicted octanol–water partition coefficient (Wildman–Crippen LogP) is 1.94. The largest absolute Gasteiger partial charge is 0.240 e. The van der Waals surface area contributed by atoms with Gasteiger partial charge in [-0.15, -0.1) is 0 Å². The van der Waals surface area contributed by atoms with E-state index in [2.05, 4.69) is 39.8 Å². The number of hydrogen-bond acceptors (Lipinski definition) is 1. The van der Waals surface area contributed by atoms with E-state index < -0.39 is 0 Å². The minimum absolute atomic E-state index is 1.14. The van der Waals surface area contributed by atoms with Gasteiger partial charge in [0.05, 0.1) is 5.52 Å². The first-order chi connectivity index (χ1) is 4.86. The van der Waals surface area contributed by atoms with Crippen LogP contribution in [-0.2, 0) is 0 Å². The van der Waals surface area contributed by atoms with Crippen LogP contribution in [0.5, 0.6) is 0 Å². The Bertz CT molecular complexity index is 353. The maximum Gasteiger partial charge on any atom is 0.0662 e. The first kappa shape index (κ1) is 6.15. The van der Waals surface area contributed by atoms with Crippen molar-refractivity contribution in [1.29, 1.82) is 0 Å². The number of rotatable bonds is 0. The molecule has 10 heavy (non-hydrogen) atoms. The third kappa shape index (κ3) is 0.901. The van der Waals surface area contributed by atoms with E-state index in [0.717, 1.165) is 5.52 Å². The second-order valence-corrected chi connectivity index (χ2v) is 3.29. The molecule has 0 fully saturated rings. The minimum atomic E-state index is 1.14. The molecule has 0 saturated heterocycles. The number of halogens is 1. The van der Waals surface area contributed by atoms with Crippen LogP contribution in [0.1, 0.15) is 0 Å². The van der Waals surface area contributed by atoms with Gasteiger partial charge in [0.25, 0.3) is 0 Å². The maximum atomic E-state index is 4.09. The summed E-state index contributed by atoms with van der Waals surface area (Å²) in [6.45, 7) is 0. The standard InChI is InChI=1S/C7H5IN2/c8-6-1-2-7-3-4-9-10(7)5-6/h1-5H. The highest BCUT2D eigenvalue weighted by molar-refractivity contribution is 14.1. The lowest BCUT2D eigenvalue weighted by Crippen LogP contribution is -1.85. The van der Waals surface area contributed by atoms with Gasteiger partial charge in [0.1, 0.15) is 0 Å². The van der Waals surface area contributed by atoms with Gasteiger partial charge in [0.15, 0.2) is 0 Å². The van der Waals surface area contributed by atoms with Gasteiger partial charge in [-0.1, -0.05) is 0 Å². The van der Waals surface area contributed by atoms with Gasteiger partial charge in [0.2, 0.25) is 0 Å². The molecule has 2 nitrogen and oxygen atoms in total. The molecule has 0 aliphatic carbocycles. The Kier molecular flexibility index (Phi) is 1.37. The lowest BCUT2D eigenvalue weighted by Gasteiger charge is -1.91. The zero-order chi connectivity index (χ0) is 6.97. The molecule has 2 aromatic heterocycles. The quantitative estimate of drug-likeness (QED) is 0.647. The molecule has 0 bridgehead atoms. The highest BCUT2D eigenvalue weighted by atomic mass is 127. The summed E-state index contributed by atoms with van der Waals surface area (Å²) in [6.07, 6.45) is 3.79. The van der Waals surface area contributed by atoms with Crippen molar-refractivity contribution in [2.75, 3.05) is 0 Å². The van der Waals surface area contributed by atoms with Crippen LogP contribution >= 0.6 is 22.6 Å². The number of fused-ring (bicyclic) bond motifs is 1. The van der Waals surface area contributed by atoms with Crippen LogP contribution in [0.2, 0.25) is 0 Å². The number of nitrogens with zero attached hydrogens (tertiary/aromatic N) is 2. The summed E-state index contributed by atoms with van der Waals surface area (Å²) in [6, 6.07) is 6.10. The van der Waals surface area contributed by atoms with E-state index in [1.165, 1.54) is 3.57 Å². The molecule has 2 aromatic rings. The number of pyridine rings is 1. The summed E-state index contributed by atoms with van der Waals surface area (Å²) in [5.41, 5.74) is 1.14. The van der Waals surface area contributed by atoms with E-state index >= 15 is 0 Å². The van der Waals surface area contributed by atoms with Gasteiger partial charge < -0.3 is 0 Å². The maximum absolute atomic E-state index is 4.09. The fourth-order valence-corrected chi connectivity index (χ4v) is 1.33. The minimum Gasteiger partial charge on any atom is -0.240 e. The highest BCUT2D eigenvalue weighted by Crippen LogP contribution is 2.06. The zero-order valence-electron chi connectivity index (χ0n) is 5.16. The van der Waals surface area contributed by atoms with Crippen LogP contribution in [-0.4, -0.2) is 9.61 Å². The van der Waals surface area contributed by atoms with E-state index in [1.807, 2.05) is 16.8 Å². The Morgan fingerprint density at radius 3 is 3.10 bits per heavy atom. The van der Waals surface area contributed by atoms with E-state index in [4.69, 9.17) is 0 Å². The SMILES string of the molecule is Ic1ccc2ccnn2c1. The van der Waals surface area contributed by atoms with Gasteiger partial charge in [-0.3, -0.25) is 0 Å². The Morgan fingerprint density at radius 1 is 1.30 bits per heavy atom. The second kappa shape index (κ2) is 2.23. The van der Waals surface area contributed by atoms with Crippen LogP contribution in [0.25, 0.3) is 5.52 Å². The molecular formula is C7H5IN2. The highest BCUT2D eigenvalue weighted by Gasteiger charge is 1.90. The van der Waals surface area contributed by atoms with E-state index in [9.17, 15) is 0 Å². The van der Waals surface area contributed by atoms with E-state index in [0.29, 0.717) is 0 Å². The van der Waals surface area contributed by atoms with Crippen molar-refractivity contribution in [2.24, 2.45) is 0 Å². The van der Waals surface area contributed by atoms with Gasteiger partial charge in [-0.2, -0.15) is 5.10 Å². The van der Waals surface area contributed by atoms with Crippen molar-refractivity contribution in [2.45, 2.75) is 0 Å². The molecular weight excluding hydrogens is 239 g/mol. The molecule has 0 N–H and O–H groups in total. The molecule has 3 heteroatoms. The van der Waals surface area contributed by atoms with Gasteiger partial charge in [0, 0.05) is 16.0 Å². The fourth-order valence-electron chi connectivity index (χ4n) is 0.889. The predicted molar refractivity (Wildman–Crippen MR) is 47.9 cm³/mol. The van der Waals surface area contributed by atoms with Crippen LogP contribution in [0, 0.1) is 3.57 Å². The van der Waals surface area contributed by atoms with Crippen LogP contribution in [0.15, 0.2) is 30.6 Å². The molecule has 0 unspecified atom stereocenters. The summed E-state index contributed by atoms with van der Waals surface area (Å²) >= 11 is 2.26. The molecule has 0 spiro atoms. The van der Waals surface area contributed by atoms with Crippen molar-refractivity contribution in [3.8, 4) is 0 Å². The monoisotopic (exact) mass is 244 g/mol. The molecule has 0 radical (unpaired) electrons. The molecule has 2 heterocycles. The second-order valence-electron chi connectivity index (χ2n) is 2.05. The first-order valence-electron chi connectivity index (χ1n) is 2.95. The molecule has 50 valence electrons. The molecule has 2 rings (SSSR count). The van der Waals surface area contributed by atoms with Crippen molar-refractivity contribution < 1.29 is 0 Å². The Balaban J connectivity index is 2.86. The first-order valence-corrected chi connectivity index (χ1v) is 4.03. The van der Waals surface area contributed by atoms with Crippen molar-refractivity contribution in [3.63, 3.8) is 0 Å². The third-order valence-electron chi connectivity index (χ3n) is 1.36. The Morgan fingerprint density at radius 2 is 2.20 bits per heavy atom.